The van der Waals surface area contributed by atoms with Gasteiger partial charge in [0, 0.05) is 24.1 Å². The summed E-state index contributed by atoms with van der Waals surface area (Å²) in [6, 6.07) is 7.20. The smallest absolute Gasteiger partial charge is 0.166 e. The number of methoxy groups -OCH3 is 2. The Bertz CT molecular complexity index is 936. The quantitative estimate of drug-likeness (QED) is 0.755. The van der Waals surface area contributed by atoms with Crippen LogP contribution in [0, 0.1) is 22.7 Å². The van der Waals surface area contributed by atoms with Crippen molar-refractivity contribution < 1.29 is 14.2 Å². The van der Waals surface area contributed by atoms with E-state index in [4.69, 9.17) is 14.2 Å². The van der Waals surface area contributed by atoms with E-state index in [2.05, 4.69) is 36.2 Å². The van der Waals surface area contributed by atoms with Crippen LogP contribution < -0.4 is 9.47 Å². The summed E-state index contributed by atoms with van der Waals surface area (Å²) >= 11 is 0. The third-order valence-corrected chi connectivity index (χ3v) is 8.43. The molecular weight excluding hydrogens is 340 g/mol. The summed E-state index contributed by atoms with van der Waals surface area (Å²) in [7, 11) is 5.66. The molecule has 1 saturated carbocycles. The molecule has 2 aliphatic heterocycles. The Morgan fingerprint density at radius 1 is 1.30 bits per heavy atom. The van der Waals surface area contributed by atoms with Crippen molar-refractivity contribution >= 4 is 0 Å². The lowest BCUT2D eigenvalue weighted by Gasteiger charge is -2.70. The first-order valence-electron chi connectivity index (χ1n) is 9.80. The van der Waals surface area contributed by atoms with Gasteiger partial charge in [0.05, 0.1) is 24.5 Å². The minimum atomic E-state index is -0.699. The van der Waals surface area contributed by atoms with Crippen molar-refractivity contribution in [2.24, 2.45) is 11.3 Å². The van der Waals surface area contributed by atoms with E-state index in [0.29, 0.717) is 6.04 Å². The number of hydrogen-bond acceptors (Lipinski definition) is 5. The average Bonchev–Trinajstić information content (AvgIpc) is 3.07. The van der Waals surface area contributed by atoms with Gasteiger partial charge in [-0.3, -0.25) is 0 Å². The summed E-state index contributed by atoms with van der Waals surface area (Å²) < 4.78 is 18.5. The summed E-state index contributed by atoms with van der Waals surface area (Å²) in [4.78, 5) is 2.50. The maximum atomic E-state index is 10.0. The van der Waals surface area contributed by atoms with E-state index in [1.165, 1.54) is 11.1 Å². The van der Waals surface area contributed by atoms with Crippen LogP contribution in [0.2, 0.25) is 0 Å². The van der Waals surface area contributed by atoms with Gasteiger partial charge in [0.2, 0.25) is 0 Å². The van der Waals surface area contributed by atoms with Crippen molar-refractivity contribution in [1.29, 1.82) is 5.26 Å². The molecule has 2 fully saturated rings. The van der Waals surface area contributed by atoms with Crippen LogP contribution in [-0.4, -0.2) is 50.5 Å². The predicted octanol–water partition coefficient (Wildman–Crippen LogP) is 2.44. The van der Waals surface area contributed by atoms with Crippen LogP contribution in [0.3, 0.4) is 0 Å². The molecule has 0 unspecified atom stereocenters. The van der Waals surface area contributed by atoms with Crippen LogP contribution in [-0.2, 0) is 16.6 Å². The number of likely N-dealkylation sites (tertiary alicyclic amines) is 1. The molecule has 0 amide bonds. The maximum Gasteiger partial charge on any atom is 0.166 e. The molecule has 1 aromatic carbocycles. The number of rotatable bonds is 2. The zero-order chi connectivity index (χ0) is 18.6. The molecule has 0 aromatic heterocycles. The molecule has 5 nitrogen and oxygen atoms in total. The largest absolute Gasteiger partial charge is 0.493 e. The highest BCUT2D eigenvalue weighted by atomic mass is 16.6. The van der Waals surface area contributed by atoms with E-state index in [0.717, 1.165) is 37.3 Å². The Balaban J connectivity index is 1.73. The Hall–Kier alpha value is -2.03. The van der Waals surface area contributed by atoms with Gasteiger partial charge in [-0.2, -0.15) is 5.26 Å². The number of ether oxygens (including phenoxy) is 3. The second kappa shape index (κ2) is 4.68. The standard InChI is InChI=1S/C22H24N2O3/c1-24-9-8-21-17-13-4-5-15(25-2)18(17)27-19(21)22(26-3)7-6-20(21,16(24)10-13)11-14(22)12-23/h4-7,14,16,19H,8-11H2,1-3H3/t14-,16-,19-,20-,21+,22-/m1/s1. The fraction of sp³-hybridized carbons (Fsp3) is 0.591. The summed E-state index contributed by atoms with van der Waals surface area (Å²) in [5.74, 6) is 1.47. The fourth-order valence-electron chi connectivity index (χ4n) is 7.35. The van der Waals surface area contributed by atoms with Crippen molar-refractivity contribution in [1.82, 2.24) is 4.90 Å². The zero-order valence-electron chi connectivity index (χ0n) is 16.0. The summed E-state index contributed by atoms with van der Waals surface area (Å²) in [6.07, 6.45) is 7.21. The Morgan fingerprint density at radius 2 is 2.15 bits per heavy atom. The second-order valence-electron chi connectivity index (χ2n) is 8.87. The lowest BCUT2D eigenvalue weighted by atomic mass is 9.37. The molecule has 6 atom stereocenters. The van der Waals surface area contributed by atoms with Gasteiger partial charge in [-0.25, -0.2) is 0 Å². The van der Waals surface area contributed by atoms with Crippen LogP contribution in [0.1, 0.15) is 24.0 Å². The molecule has 1 aromatic rings. The number of hydrogen-bond donors (Lipinski definition) is 0. The molecule has 4 bridgehead atoms. The second-order valence-corrected chi connectivity index (χ2v) is 8.87. The van der Waals surface area contributed by atoms with E-state index in [1.807, 2.05) is 6.07 Å². The summed E-state index contributed by atoms with van der Waals surface area (Å²) in [6.45, 7) is 1.03. The minimum Gasteiger partial charge on any atom is -0.493 e. The molecule has 0 radical (unpaired) electrons. The average molecular weight is 364 g/mol. The minimum absolute atomic E-state index is 0.0873. The van der Waals surface area contributed by atoms with Gasteiger partial charge in [-0.1, -0.05) is 18.2 Å². The topological polar surface area (TPSA) is 54.7 Å². The molecule has 1 saturated heterocycles. The zero-order valence-corrected chi connectivity index (χ0v) is 16.0. The van der Waals surface area contributed by atoms with Gasteiger partial charge in [-0.05, 0) is 44.5 Å². The van der Waals surface area contributed by atoms with Crippen molar-refractivity contribution in [3.8, 4) is 17.6 Å². The van der Waals surface area contributed by atoms with E-state index in [1.54, 1.807) is 14.2 Å². The fourth-order valence-corrected chi connectivity index (χ4v) is 7.35. The third-order valence-electron chi connectivity index (χ3n) is 8.43. The highest BCUT2D eigenvalue weighted by Crippen LogP contribution is 2.74. The van der Waals surface area contributed by atoms with Crippen LogP contribution in [0.5, 0.6) is 11.5 Å². The molecular formula is C22H24N2O3. The van der Waals surface area contributed by atoms with Crippen molar-refractivity contribution in [3.05, 3.63) is 35.4 Å². The SMILES string of the molecule is COc1ccc2c3c1O[C@H]1[C@@]4(OC)C=C[C@@]5(C[C@@H]4C#N)[C@@H](C2)N(C)CC[C@]315. The number of likely N-dealkylation sites (N-methyl/N-ethyl adjacent to an activating group) is 1. The van der Waals surface area contributed by atoms with Crippen LogP contribution >= 0.6 is 0 Å². The van der Waals surface area contributed by atoms with Crippen LogP contribution in [0.25, 0.3) is 0 Å². The number of nitrogens with zero attached hydrogens (tertiary/aromatic N) is 2. The van der Waals surface area contributed by atoms with Gasteiger partial charge in [0.1, 0.15) is 11.7 Å². The molecule has 7 rings (SSSR count). The van der Waals surface area contributed by atoms with Crippen molar-refractivity contribution in [2.45, 2.75) is 42.4 Å². The monoisotopic (exact) mass is 364 g/mol. The van der Waals surface area contributed by atoms with Gasteiger partial charge in [0.25, 0.3) is 0 Å². The Kier molecular flexibility index (Phi) is 2.77. The van der Waals surface area contributed by atoms with Gasteiger partial charge in [-0.15, -0.1) is 0 Å². The normalized spacial score (nSPS) is 45.2. The van der Waals surface area contributed by atoms with E-state index in [9.17, 15) is 5.26 Å². The Morgan fingerprint density at radius 3 is 2.89 bits per heavy atom. The highest BCUT2D eigenvalue weighted by Gasteiger charge is 2.79. The van der Waals surface area contributed by atoms with E-state index >= 15 is 0 Å². The number of piperidine rings is 1. The van der Waals surface area contributed by atoms with Crippen LogP contribution in [0.15, 0.2) is 24.3 Å². The summed E-state index contributed by atoms with van der Waals surface area (Å²) in [5.41, 5.74) is 1.78. The highest BCUT2D eigenvalue weighted by molar-refractivity contribution is 5.65. The first-order chi connectivity index (χ1) is 13.1. The van der Waals surface area contributed by atoms with Gasteiger partial charge < -0.3 is 19.1 Å². The number of benzene rings is 1. The summed E-state index contributed by atoms with van der Waals surface area (Å²) in [5, 5.41) is 10.0. The molecule has 0 N–H and O–H groups in total. The van der Waals surface area contributed by atoms with Crippen LogP contribution in [0.4, 0.5) is 0 Å². The third kappa shape index (κ3) is 1.40. The molecule has 5 heteroatoms. The van der Waals surface area contributed by atoms with Gasteiger partial charge in [0.15, 0.2) is 11.5 Å². The van der Waals surface area contributed by atoms with E-state index in [-0.39, 0.29) is 22.9 Å². The first-order valence-corrected chi connectivity index (χ1v) is 9.80. The first kappa shape index (κ1) is 16.0. The number of nitriles is 1. The number of fused-ring (bicyclic) bond motifs is 1. The maximum absolute atomic E-state index is 10.0. The van der Waals surface area contributed by atoms with E-state index < -0.39 is 5.60 Å². The predicted molar refractivity (Wildman–Crippen MR) is 98.9 cm³/mol. The van der Waals surface area contributed by atoms with Gasteiger partial charge >= 0.3 is 0 Å². The van der Waals surface area contributed by atoms with Crippen molar-refractivity contribution in [3.63, 3.8) is 0 Å². The molecule has 140 valence electrons. The molecule has 4 aliphatic carbocycles. The molecule has 6 aliphatic rings. The Labute approximate surface area is 159 Å². The molecule has 2 heterocycles. The lowest BCUT2D eigenvalue weighted by Crippen LogP contribution is -2.78. The lowest BCUT2D eigenvalue weighted by molar-refractivity contribution is -0.203. The molecule has 27 heavy (non-hydrogen) atoms. The van der Waals surface area contributed by atoms with Crippen molar-refractivity contribution in [2.75, 3.05) is 27.8 Å². The molecule has 2 spiro atoms.